The summed E-state index contributed by atoms with van der Waals surface area (Å²) in [6.07, 6.45) is 4.85. The molecular weight excluding hydrogens is 278 g/mol. The molecule has 2 aromatic heterocycles. The highest BCUT2D eigenvalue weighted by Crippen LogP contribution is 2.35. The van der Waals surface area contributed by atoms with Crippen molar-refractivity contribution in [1.29, 1.82) is 0 Å². The molecule has 0 spiro atoms. The molecular formula is C9H10ClN5S2. The fraction of sp³-hybridized carbons (Fsp3) is 0.556. The van der Waals surface area contributed by atoms with Crippen LogP contribution in [0.1, 0.15) is 31.7 Å². The van der Waals surface area contributed by atoms with Gasteiger partial charge in [0, 0.05) is 5.38 Å². The number of aromatic nitrogens is 5. The van der Waals surface area contributed by atoms with Crippen LogP contribution in [0, 0.1) is 0 Å². The van der Waals surface area contributed by atoms with Crippen molar-refractivity contribution in [3.63, 3.8) is 0 Å². The zero-order valence-electron chi connectivity index (χ0n) is 8.91. The quantitative estimate of drug-likeness (QED) is 0.868. The normalized spacial score (nSPS) is 16.8. The SMILES string of the molecule is Clc1csc(Sc2nnnn2C2CCCC2)n1. The highest BCUT2D eigenvalue weighted by Gasteiger charge is 2.22. The molecule has 3 rings (SSSR count). The smallest absolute Gasteiger partial charge is 0.216 e. The van der Waals surface area contributed by atoms with Crippen molar-refractivity contribution < 1.29 is 0 Å². The van der Waals surface area contributed by atoms with Crippen LogP contribution in [-0.4, -0.2) is 25.2 Å². The molecule has 1 aliphatic carbocycles. The number of nitrogens with zero attached hydrogens (tertiary/aromatic N) is 5. The number of thiazole rings is 1. The van der Waals surface area contributed by atoms with Crippen molar-refractivity contribution in [3.05, 3.63) is 10.5 Å². The molecule has 0 saturated heterocycles. The van der Waals surface area contributed by atoms with Crippen LogP contribution in [0.5, 0.6) is 0 Å². The first-order chi connectivity index (χ1) is 8.33. The lowest BCUT2D eigenvalue weighted by atomic mass is 10.3. The van der Waals surface area contributed by atoms with Crippen LogP contribution >= 0.6 is 34.7 Å². The van der Waals surface area contributed by atoms with E-state index in [4.69, 9.17) is 11.6 Å². The summed E-state index contributed by atoms with van der Waals surface area (Å²) in [5.41, 5.74) is 0. The van der Waals surface area contributed by atoms with Gasteiger partial charge < -0.3 is 0 Å². The van der Waals surface area contributed by atoms with Crippen molar-refractivity contribution in [2.24, 2.45) is 0 Å². The Morgan fingerprint density at radius 2 is 2.24 bits per heavy atom. The van der Waals surface area contributed by atoms with E-state index in [1.807, 2.05) is 10.1 Å². The van der Waals surface area contributed by atoms with Crippen LogP contribution in [0.15, 0.2) is 14.9 Å². The number of halogens is 1. The van der Waals surface area contributed by atoms with E-state index < -0.39 is 0 Å². The van der Waals surface area contributed by atoms with Gasteiger partial charge in [-0.15, -0.1) is 16.4 Å². The lowest BCUT2D eigenvalue weighted by Gasteiger charge is -2.09. The zero-order valence-corrected chi connectivity index (χ0v) is 11.3. The van der Waals surface area contributed by atoms with E-state index in [1.165, 1.54) is 35.9 Å². The summed E-state index contributed by atoms with van der Waals surface area (Å²) >= 11 is 8.78. The van der Waals surface area contributed by atoms with Gasteiger partial charge in [0.1, 0.15) is 5.15 Å². The summed E-state index contributed by atoms with van der Waals surface area (Å²) in [5, 5.41) is 15.0. The molecule has 2 heterocycles. The first-order valence-corrected chi connectivity index (χ1v) is 7.47. The van der Waals surface area contributed by atoms with Crippen LogP contribution in [0.4, 0.5) is 0 Å². The second kappa shape index (κ2) is 4.91. The van der Waals surface area contributed by atoms with E-state index in [0.29, 0.717) is 11.2 Å². The van der Waals surface area contributed by atoms with Crippen LogP contribution < -0.4 is 0 Å². The molecule has 0 aliphatic heterocycles. The average molecular weight is 288 g/mol. The molecule has 1 fully saturated rings. The van der Waals surface area contributed by atoms with Gasteiger partial charge in [-0.25, -0.2) is 9.67 Å². The Bertz CT molecular complexity index is 505. The molecule has 0 amide bonds. The van der Waals surface area contributed by atoms with Gasteiger partial charge in [0.05, 0.1) is 6.04 Å². The molecule has 0 atom stereocenters. The molecule has 1 aliphatic rings. The predicted octanol–water partition coefficient (Wildman–Crippen LogP) is 3.05. The van der Waals surface area contributed by atoms with Gasteiger partial charge in [-0.05, 0) is 35.0 Å². The molecule has 2 aromatic rings. The first kappa shape index (κ1) is 11.4. The highest BCUT2D eigenvalue weighted by molar-refractivity contribution is 8.00. The van der Waals surface area contributed by atoms with E-state index in [2.05, 4.69) is 20.5 Å². The maximum absolute atomic E-state index is 5.79. The summed E-state index contributed by atoms with van der Waals surface area (Å²) in [6, 6.07) is 0.447. The summed E-state index contributed by atoms with van der Waals surface area (Å²) in [7, 11) is 0. The Hall–Kier alpha value is -0.660. The summed E-state index contributed by atoms with van der Waals surface area (Å²) in [6.45, 7) is 0. The minimum absolute atomic E-state index is 0.447. The molecule has 17 heavy (non-hydrogen) atoms. The Kier molecular flexibility index (Phi) is 3.30. The van der Waals surface area contributed by atoms with E-state index in [-0.39, 0.29) is 0 Å². The van der Waals surface area contributed by atoms with Crippen molar-refractivity contribution in [3.8, 4) is 0 Å². The van der Waals surface area contributed by atoms with Gasteiger partial charge in [-0.1, -0.05) is 24.4 Å². The molecule has 0 N–H and O–H groups in total. The summed E-state index contributed by atoms with van der Waals surface area (Å²) in [4.78, 5) is 4.19. The molecule has 5 nitrogen and oxygen atoms in total. The monoisotopic (exact) mass is 287 g/mol. The predicted molar refractivity (Wildman–Crippen MR) is 66.6 cm³/mol. The zero-order chi connectivity index (χ0) is 11.7. The van der Waals surface area contributed by atoms with Crippen molar-refractivity contribution in [1.82, 2.24) is 25.2 Å². The molecule has 0 radical (unpaired) electrons. The molecule has 90 valence electrons. The fourth-order valence-electron chi connectivity index (χ4n) is 1.99. The van der Waals surface area contributed by atoms with E-state index in [1.54, 1.807) is 0 Å². The maximum atomic E-state index is 5.79. The maximum Gasteiger partial charge on any atom is 0.216 e. The van der Waals surface area contributed by atoms with Gasteiger partial charge in [-0.3, -0.25) is 0 Å². The Labute approximate surface area is 112 Å². The molecule has 1 saturated carbocycles. The average Bonchev–Trinajstić information content (AvgIpc) is 3.00. The topological polar surface area (TPSA) is 56.5 Å². The van der Waals surface area contributed by atoms with E-state index in [9.17, 15) is 0 Å². The standard InChI is InChI=1S/C9H10ClN5S2/c10-7-5-16-9(11-7)17-8-12-13-14-15(8)6-3-1-2-4-6/h5-6H,1-4H2. The van der Waals surface area contributed by atoms with Gasteiger partial charge in [0.15, 0.2) is 4.34 Å². The minimum atomic E-state index is 0.447. The van der Waals surface area contributed by atoms with Crippen molar-refractivity contribution in [2.75, 3.05) is 0 Å². The van der Waals surface area contributed by atoms with Crippen LogP contribution in [0.25, 0.3) is 0 Å². The van der Waals surface area contributed by atoms with Crippen LogP contribution in [0.3, 0.4) is 0 Å². The lowest BCUT2D eigenvalue weighted by molar-refractivity contribution is 0.423. The molecule has 8 heteroatoms. The molecule has 0 bridgehead atoms. The fourth-order valence-corrected chi connectivity index (χ4v) is 3.93. The van der Waals surface area contributed by atoms with Gasteiger partial charge in [-0.2, -0.15) is 0 Å². The number of hydrogen-bond donors (Lipinski definition) is 0. The van der Waals surface area contributed by atoms with Crippen LogP contribution in [-0.2, 0) is 0 Å². The van der Waals surface area contributed by atoms with Crippen LogP contribution in [0.2, 0.25) is 5.15 Å². The number of hydrogen-bond acceptors (Lipinski definition) is 6. The summed E-state index contributed by atoms with van der Waals surface area (Å²) < 4.78 is 2.80. The molecule has 0 unspecified atom stereocenters. The second-order valence-electron chi connectivity index (χ2n) is 3.88. The molecule has 0 aromatic carbocycles. The van der Waals surface area contributed by atoms with E-state index >= 15 is 0 Å². The minimum Gasteiger partial charge on any atom is -0.217 e. The number of tetrazole rings is 1. The lowest BCUT2D eigenvalue weighted by Crippen LogP contribution is -2.08. The highest BCUT2D eigenvalue weighted by atomic mass is 35.5. The third-order valence-electron chi connectivity index (χ3n) is 2.77. The number of rotatable bonds is 3. The van der Waals surface area contributed by atoms with E-state index in [0.717, 1.165) is 22.3 Å². The van der Waals surface area contributed by atoms with Gasteiger partial charge in [0.2, 0.25) is 5.16 Å². The Balaban J connectivity index is 1.81. The second-order valence-corrected chi connectivity index (χ2v) is 6.34. The van der Waals surface area contributed by atoms with Gasteiger partial charge in [0.25, 0.3) is 0 Å². The third-order valence-corrected chi connectivity index (χ3v) is 4.98. The Morgan fingerprint density at radius 1 is 1.41 bits per heavy atom. The summed E-state index contributed by atoms with van der Waals surface area (Å²) in [5.74, 6) is 0. The largest absolute Gasteiger partial charge is 0.217 e. The van der Waals surface area contributed by atoms with Gasteiger partial charge >= 0.3 is 0 Å². The van der Waals surface area contributed by atoms with Crippen molar-refractivity contribution in [2.45, 2.75) is 41.2 Å². The third kappa shape index (κ3) is 2.46. The van der Waals surface area contributed by atoms with Crippen molar-refractivity contribution >= 4 is 34.7 Å². The first-order valence-electron chi connectivity index (χ1n) is 5.39. The Morgan fingerprint density at radius 3 is 2.94 bits per heavy atom.